The first-order valence-electron chi connectivity index (χ1n) is 11.5. The Labute approximate surface area is 210 Å². The summed E-state index contributed by atoms with van der Waals surface area (Å²) < 4.78 is 5.05. The molecule has 4 aliphatic rings. The molecule has 1 saturated heterocycles. The van der Waals surface area contributed by atoms with E-state index >= 15 is 0 Å². The maximum atomic E-state index is 14.0. The number of carbonyl (C=O) groups excluding carboxylic acids is 3. The number of esters is 1. The van der Waals surface area contributed by atoms with E-state index in [1.165, 1.54) is 18.2 Å². The Bertz CT molecular complexity index is 1450. The van der Waals surface area contributed by atoms with E-state index in [-0.39, 0.29) is 22.9 Å². The molecule has 2 bridgehead atoms. The summed E-state index contributed by atoms with van der Waals surface area (Å²) in [6.45, 7) is 1.77. The van der Waals surface area contributed by atoms with Crippen LogP contribution in [0.25, 0.3) is 0 Å². The Kier molecular flexibility index (Phi) is 4.82. The van der Waals surface area contributed by atoms with Gasteiger partial charge in [0.15, 0.2) is 0 Å². The van der Waals surface area contributed by atoms with Crippen molar-refractivity contribution >= 4 is 35.1 Å². The second-order valence-corrected chi connectivity index (χ2v) is 9.48. The van der Waals surface area contributed by atoms with Gasteiger partial charge < -0.3 is 4.74 Å². The fourth-order valence-corrected chi connectivity index (χ4v) is 6.51. The summed E-state index contributed by atoms with van der Waals surface area (Å²) in [7, 11) is 0. The number of rotatable bonds is 4. The molecule has 36 heavy (non-hydrogen) atoms. The maximum Gasteiger partial charge on any atom is 0.339 e. The Morgan fingerprint density at radius 1 is 1.03 bits per heavy atom. The predicted molar refractivity (Wildman–Crippen MR) is 129 cm³/mol. The van der Waals surface area contributed by atoms with Gasteiger partial charge >= 0.3 is 5.97 Å². The number of ether oxygens (including phenoxy) is 1. The van der Waals surface area contributed by atoms with E-state index in [2.05, 4.69) is 0 Å². The van der Waals surface area contributed by atoms with Gasteiger partial charge in [0, 0.05) is 22.0 Å². The standard InChI is InChI=1S/C27H19ClN2O6/c1-2-36-26(33)17-13-14(11-12-20(17)28)29-24(31)22-21-15-7-3-5-9-18(15)27(30(34)35,23(22)25(29)32)19-10-6-4-8-16(19)21/h3-13,21-23H,2H2,1H3/t21?,22-,23-,27?/m0/s1. The first-order chi connectivity index (χ1) is 17.3. The summed E-state index contributed by atoms with van der Waals surface area (Å²) >= 11 is 6.19. The minimum atomic E-state index is -1.91. The summed E-state index contributed by atoms with van der Waals surface area (Å²) in [4.78, 5) is 53.9. The number of imide groups is 1. The number of carbonyl (C=O) groups is 3. The second kappa shape index (κ2) is 7.73. The Hall–Kier alpha value is -4.04. The zero-order valence-corrected chi connectivity index (χ0v) is 19.8. The monoisotopic (exact) mass is 502 g/mol. The summed E-state index contributed by atoms with van der Waals surface area (Å²) in [6.07, 6.45) is 0. The number of anilines is 1. The molecular weight excluding hydrogens is 484 g/mol. The number of hydrogen-bond acceptors (Lipinski definition) is 6. The molecule has 1 heterocycles. The van der Waals surface area contributed by atoms with E-state index in [4.69, 9.17) is 16.3 Å². The maximum absolute atomic E-state index is 14.0. The molecule has 8 nitrogen and oxygen atoms in total. The van der Waals surface area contributed by atoms with Gasteiger partial charge in [0.2, 0.25) is 11.8 Å². The molecule has 1 aliphatic heterocycles. The number of hydrogen-bond donors (Lipinski definition) is 0. The van der Waals surface area contributed by atoms with Gasteiger partial charge in [-0.05, 0) is 36.2 Å². The highest BCUT2D eigenvalue weighted by Gasteiger charge is 2.74. The molecular formula is C27H19ClN2O6. The quantitative estimate of drug-likeness (QED) is 0.228. The Balaban J connectivity index is 1.58. The van der Waals surface area contributed by atoms with Gasteiger partial charge in [0.1, 0.15) is 5.92 Å². The molecule has 0 N–H and O–H groups in total. The molecule has 0 saturated carbocycles. The minimum Gasteiger partial charge on any atom is -0.462 e. The number of halogens is 1. The van der Waals surface area contributed by atoms with Crippen LogP contribution in [0.15, 0.2) is 66.7 Å². The van der Waals surface area contributed by atoms with E-state index in [9.17, 15) is 24.5 Å². The van der Waals surface area contributed by atoms with Crippen LogP contribution in [0.4, 0.5) is 5.69 Å². The summed E-state index contributed by atoms with van der Waals surface area (Å²) in [5, 5.41) is 13.1. The van der Waals surface area contributed by atoms with Gasteiger partial charge in [-0.2, -0.15) is 0 Å². The third-order valence-corrected chi connectivity index (χ3v) is 7.89. The third-order valence-electron chi connectivity index (χ3n) is 7.56. The molecule has 3 aromatic rings. The lowest BCUT2D eigenvalue weighted by Crippen LogP contribution is -2.57. The molecule has 9 heteroatoms. The van der Waals surface area contributed by atoms with E-state index in [0.29, 0.717) is 22.3 Å². The Morgan fingerprint density at radius 3 is 2.22 bits per heavy atom. The van der Waals surface area contributed by atoms with Gasteiger partial charge in [-0.15, -0.1) is 0 Å². The highest BCUT2D eigenvalue weighted by atomic mass is 35.5. The minimum absolute atomic E-state index is 0.00465. The van der Waals surface area contributed by atoms with E-state index in [0.717, 1.165) is 4.90 Å². The SMILES string of the molecule is CCOC(=O)c1cc(N2C(=O)[C@@H]3[C@@H](C2=O)C2c4ccccc4C3([N+](=O)[O-])c3ccccc32)ccc1Cl. The van der Waals surface area contributed by atoms with Crippen LogP contribution in [0, 0.1) is 22.0 Å². The smallest absolute Gasteiger partial charge is 0.339 e. The van der Waals surface area contributed by atoms with Crippen molar-refractivity contribution in [1.29, 1.82) is 0 Å². The van der Waals surface area contributed by atoms with Crippen LogP contribution in [-0.2, 0) is 19.9 Å². The van der Waals surface area contributed by atoms with Gasteiger partial charge in [-0.1, -0.05) is 60.1 Å². The lowest BCUT2D eigenvalue weighted by atomic mass is 9.51. The molecule has 0 unspecified atom stereocenters. The van der Waals surface area contributed by atoms with Gasteiger partial charge in [-0.3, -0.25) is 19.7 Å². The third kappa shape index (κ3) is 2.62. The van der Waals surface area contributed by atoms with E-state index in [1.54, 1.807) is 55.5 Å². The highest BCUT2D eigenvalue weighted by Crippen LogP contribution is 2.64. The lowest BCUT2D eigenvalue weighted by Gasteiger charge is -2.48. The first-order valence-corrected chi connectivity index (χ1v) is 11.9. The zero-order valence-electron chi connectivity index (χ0n) is 19.0. The van der Waals surface area contributed by atoms with Crippen LogP contribution in [0.2, 0.25) is 5.02 Å². The molecule has 7 rings (SSSR count). The van der Waals surface area contributed by atoms with E-state index in [1.807, 2.05) is 0 Å². The van der Waals surface area contributed by atoms with Crippen LogP contribution < -0.4 is 4.90 Å². The number of nitro groups is 1. The number of nitrogens with zero attached hydrogens (tertiary/aromatic N) is 2. The van der Waals surface area contributed by atoms with Crippen molar-refractivity contribution in [1.82, 2.24) is 0 Å². The molecule has 2 amide bonds. The van der Waals surface area contributed by atoms with Gasteiger partial charge in [-0.25, -0.2) is 9.69 Å². The molecule has 0 aromatic heterocycles. The molecule has 1 fully saturated rings. The fourth-order valence-electron chi connectivity index (χ4n) is 6.31. The molecule has 0 spiro atoms. The summed E-state index contributed by atoms with van der Waals surface area (Å²) in [5.41, 5.74) is 0.450. The van der Waals surface area contributed by atoms with Crippen molar-refractivity contribution in [3.05, 3.63) is 110 Å². The lowest BCUT2D eigenvalue weighted by molar-refractivity contribution is -0.578. The Morgan fingerprint density at radius 2 is 1.64 bits per heavy atom. The van der Waals surface area contributed by atoms with Crippen LogP contribution in [0.5, 0.6) is 0 Å². The molecule has 180 valence electrons. The summed E-state index contributed by atoms with van der Waals surface area (Å²) in [6, 6.07) is 18.2. The van der Waals surface area contributed by atoms with Crippen molar-refractivity contribution in [3.8, 4) is 0 Å². The molecule has 2 atom stereocenters. The predicted octanol–water partition coefficient (Wildman–Crippen LogP) is 4.30. The summed E-state index contributed by atoms with van der Waals surface area (Å²) in [5.74, 6) is -4.62. The van der Waals surface area contributed by atoms with Crippen LogP contribution in [0.1, 0.15) is 45.5 Å². The average molecular weight is 503 g/mol. The molecule has 0 radical (unpaired) electrons. The van der Waals surface area contributed by atoms with Crippen LogP contribution in [-0.4, -0.2) is 29.3 Å². The second-order valence-electron chi connectivity index (χ2n) is 9.08. The van der Waals surface area contributed by atoms with Crippen LogP contribution >= 0.6 is 11.6 Å². The normalized spacial score (nSPS) is 25.3. The van der Waals surface area contributed by atoms with Gasteiger partial charge in [0.05, 0.1) is 28.8 Å². The molecule has 3 aromatic carbocycles. The van der Waals surface area contributed by atoms with Crippen molar-refractivity contribution in [2.24, 2.45) is 11.8 Å². The largest absolute Gasteiger partial charge is 0.462 e. The topological polar surface area (TPSA) is 107 Å². The zero-order chi connectivity index (χ0) is 25.4. The first kappa shape index (κ1) is 22.4. The van der Waals surface area contributed by atoms with Crippen LogP contribution in [0.3, 0.4) is 0 Å². The fraction of sp³-hybridized carbons (Fsp3) is 0.222. The highest BCUT2D eigenvalue weighted by molar-refractivity contribution is 6.34. The van der Waals surface area contributed by atoms with Crippen molar-refractivity contribution in [2.75, 3.05) is 11.5 Å². The number of amides is 2. The van der Waals surface area contributed by atoms with Crippen molar-refractivity contribution in [2.45, 2.75) is 18.4 Å². The van der Waals surface area contributed by atoms with Crippen molar-refractivity contribution in [3.63, 3.8) is 0 Å². The number of benzene rings is 3. The van der Waals surface area contributed by atoms with E-state index < -0.39 is 46.0 Å². The van der Waals surface area contributed by atoms with Crippen molar-refractivity contribution < 1.29 is 24.0 Å². The average Bonchev–Trinajstić information content (AvgIpc) is 3.15. The molecule has 3 aliphatic carbocycles. The van der Waals surface area contributed by atoms with Gasteiger partial charge in [0.25, 0.3) is 5.54 Å².